The number of aryl methyl sites for hydroxylation is 6. The van der Waals surface area contributed by atoms with Crippen LogP contribution in [0, 0.1) is 34.6 Å². The highest BCUT2D eigenvalue weighted by atomic mass is 35.5. The number of ether oxygens (including phenoxy) is 3. The summed E-state index contributed by atoms with van der Waals surface area (Å²) in [5.41, 5.74) is 10.4. The van der Waals surface area contributed by atoms with E-state index in [1.807, 2.05) is 101 Å². The van der Waals surface area contributed by atoms with Gasteiger partial charge in [0.1, 0.15) is 29.5 Å². The molecule has 0 saturated heterocycles. The molecule has 322 valence electrons. The normalized spacial score (nSPS) is 14.0. The highest BCUT2D eigenvalue weighted by molar-refractivity contribution is 6.35. The smallest absolute Gasteiger partial charge is 0.352 e. The highest BCUT2D eigenvalue weighted by Crippen LogP contribution is 2.46. The fourth-order valence-electron chi connectivity index (χ4n) is 9.02. The predicted molar refractivity (Wildman–Crippen MR) is 244 cm³/mol. The number of anilines is 1. The number of benzene rings is 3. The average Bonchev–Trinajstić information content (AvgIpc) is 3.85. The summed E-state index contributed by atoms with van der Waals surface area (Å²) in [6.45, 7) is 13.4. The second-order valence-corrected chi connectivity index (χ2v) is 17.0. The SMILES string of the molecule is COCCOc1cc(N2C[C@@H](C)n3c(c(CCCOc4cc(C)c(Cl)c(C)c4)c4ccc(Cl)c(-c5c(C)nn(C)c5C)c43)C2=O)c2c(c1)cc(C(=O)O)n2Cc1cccc(C)n1. The molecule has 4 aromatic heterocycles. The van der Waals surface area contributed by atoms with Gasteiger partial charge in [0.05, 0.1) is 52.9 Å². The van der Waals surface area contributed by atoms with E-state index in [1.54, 1.807) is 22.6 Å². The Kier molecular flexibility index (Phi) is 11.9. The molecule has 0 fully saturated rings. The number of pyridine rings is 1. The Balaban J connectivity index is 1.31. The number of amides is 1. The molecule has 1 aliphatic rings. The number of carboxylic acid groups (broad SMARTS) is 1. The highest BCUT2D eigenvalue weighted by Gasteiger charge is 2.38. The molecular formula is C48H50Cl2N6O6. The first-order valence-electron chi connectivity index (χ1n) is 20.7. The van der Waals surface area contributed by atoms with E-state index in [9.17, 15) is 9.90 Å². The van der Waals surface area contributed by atoms with Crippen molar-refractivity contribution in [2.45, 2.75) is 67.0 Å². The molecule has 3 aromatic carbocycles. The van der Waals surface area contributed by atoms with E-state index in [1.165, 1.54) is 0 Å². The minimum absolute atomic E-state index is 0.0680. The predicted octanol–water partition coefficient (Wildman–Crippen LogP) is 10.2. The molecule has 0 saturated carbocycles. The lowest BCUT2D eigenvalue weighted by atomic mass is 9.98. The third-order valence-corrected chi connectivity index (χ3v) is 12.8. The van der Waals surface area contributed by atoms with Crippen molar-refractivity contribution < 1.29 is 28.9 Å². The number of aromatic nitrogens is 5. The quantitative estimate of drug-likeness (QED) is 0.107. The lowest BCUT2D eigenvalue weighted by Gasteiger charge is -2.35. The minimum Gasteiger partial charge on any atom is -0.494 e. The summed E-state index contributed by atoms with van der Waals surface area (Å²) < 4.78 is 23.5. The van der Waals surface area contributed by atoms with Crippen LogP contribution in [0.2, 0.25) is 10.0 Å². The molecule has 0 radical (unpaired) electrons. The monoisotopic (exact) mass is 876 g/mol. The van der Waals surface area contributed by atoms with Crippen molar-refractivity contribution in [3.05, 3.63) is 122 Å². The third kappa shape index (κ3) is 7.69. The molecule has 0 aliphatic carbocycles. The maximum absolute atomic E-state index is 15.7. The van der Waals surface area contributed by atoms with E-state index in [-0.39, 0.29) is 37.3 Å². The van der Waals surface area contributed by atoms with Crippen molar-refractivity contribution in [3.63, 3.8) is 0 Å². The van der Waals surface area contributed by atoms with Gasteiger partial charge in [0, 0.05) is 71.1 Å². The fraction of sp³-hybridized carbons (Fsp3) is 0.333. The Hall–Kier alpha value is -5.82. The summed E-state index contributed by atoms with van der Waals surface area (Å²) in [5.74, 6) is -0.101. The molecule has 0 unspecified atom stereocenters. The van der Waals surface area contributed by atoms with Crippen LogP contribution >= 0.6 is 23.2 Å². The lowest BCUT2D eigenvalue weighted by molar-refractivity contribution is 0.0686. The molecule has 5 heterocycles. The van der Waals surface area contributed by atoms with Crippen LogP contribution in [0.5, 0.6) is 11.5 Å². The Labute approximate surface area is 370 Å². The summed E-state index contributed by atoms with van der Waals surface area (Å²) in [7, 11) is 3.52. The van der Waals surface area contributed by atoms with Crippen LogP contribution in [0.25, 0.3) is 32.9 Å². The van der Waals surface area contributed by atoms with Gasteiger partial charge in [-0.15, -0.1) is 0 Å². The molecule has 12 nitrogen and oxygen atoms in total. The number of halogens is 2. The van der Waals surface area contributed by atoms with Gasteiger partial charge in [0.15, 0.2) is 0 Å². The molecule has 14 heteroatoms. The van der Waals surface area contributed by atoms with E-state index < -0.39 is 5.97 Å². The largest absolute Gasteiger partial charge is 0.494 e. The number of rotatable bonds is 14. The summed E-state index contributed by atoms with van der Waals surface area (Å²) >= 11 is 13.6. The molecule has 7 aromatic rings. The molecule has 1 atom stereocenters. The number of carboxylic acids is 1. The summed E-state index contributed by atoms with van der Waals surface area (Å²) in [6.07, 6.45) is 1.13. The lowest BCUT2D eigenvalue weighted by Crippen LogP contribution is -2.43. The van der Waals surface area contributed by atoms with Crippen LogP contribution in [-0.2, 0) is 24.8 Å². The number of hydrogen-bond donors (Lipinski definition) is 1. The number of nitrogens with zero attached hydrogens (tertiary/aromatic N) is 6. The summed E-state index contributed by atoms with van der Waals surface area (Å²) in [4.78, 5) is 35.1. The zero-order valence-corrected chi connectivity index (χ0v) is 37.7. The molecule has 62 heavy (non-hydrogen) atoms. The van der Waals surface area contributed by atoms with Crippen LogP contribution in [0.3, 0.4) is 0 Å². The standard InChI is InChI=1S/C48H50Cl2N6O6/c1-26-19-34(20-27(2)43(26)50)61-16-10-13-36-37-14-15-38(49)42(41-30(5)52-53(7)31(41)6)45(37)56-29(4)24-55(47(57)46(36)56)39-23-35(62-18-17-60-8)21-32-22-40(48(58)59)54(44(32)39)25-33-12-9-11-28(3)51-33/h9,11-12,14-15,19-23,29H,10,13,16-18,24-25H2,1-8H3,(H,58,59)/t29-/m1/s1. The number of hydrogen-bond acceptors (Lipinski definition) is 7. The Morgan fingerprint density at radius 1 is 0.903 bits per heavy atom. The first-order chi connectivity index (χ1) is 29.7. The maximum Gasteiger partial charge on any atom is 0.352 e. The maximum atomic E-state index is 15.7. The summed E-state index contributed by atoms with van der Waals surface area (Å²) in [6, 6.07) is 18.5. The van der Waals surface area contributed by atoms with Crippen LogP contribution in [0.4, 0.5) is 5.69 Å². The van der Waals surface area contributed by atoms with Crippen molar-refractivity contribution in [2.24, 2.45) is 7.05 Å². The van der Waals surface area contributed by atoms with E-state index in [2.05, 4.69) is 11.5 Å². The van der Waals surface area contributed by atoms with Crippen molar-refractivity contribution >= 4 is 62.6 Å². The van der Waals surface area contributed by atoms with Gasteiger partial charge in [0.25, 0.3) is 5.91 Å². The topological polar surface area (TPSA) is 126 Å². The first kappa shape index (κ1) is 42.9. The zero-order chi connectivity index (χ0) is 44.1. The van der Waals surface area contributed by atoms with Gasteiger partial charge in [-0.2, -0.15) is 5.10 Å². The second-order valence-electron chi connectivity index (χ2n) is 16.2. The van der Waals surface area contributed by atoms with Gasteiger partial charge in [-0.1, -0.05) is 35.3 Å². The molecule has 1 aliphatic heterocycles. The van der Waals surface area contributed by atoms with Crippen molar-refractivity contribution in [3.8, 4) is 22.6 Å². The van der Waals surface area contributed by atoms with Gasteiger partial charge in [0.2, 0.25) is 0 Å². The molecule has 0 spiro atoms. The van der Waals surface area contributed by atoms with Gasteiger partial charge < -0.3 is 33.4 Å². The second kappa shape index (κ2) is 17.2. The molecule has 8 rings (SSSR count). The summed E-state index contributed by atoms with van der Waals surface area (Å²) in [5, 5.41) is 18.1. The van der Waals surface area contributed by atoms with Crippen molar-refractivity contribution in [1.82, 2.24) is 23.9 Å². The Bertz CT molecular complexity index is 2890. The molecule has 1 amide bonds. The van der Waals surface area contributed by atoms with Crippen LogP contribution in [0.1, 0.15) is 79.8 Å². The van der Waals surface area contributed by atoms with Crippen molar-refractivity contribution in [2.75, 3.05) is 38.4 Å². The van der Waals surface area contributed by atoms with E-state index in [4.69, 9.17) is 47.5 Å². The number of fused-ring (bicyclic) bond motifs is 4. The molecule has 0 bridgehead atoms. The van der Waals surface area contributed by atoms with Gasteiger partial charge in [-0.25, -0.2) is 4.79 Å². The van der Waals surface area contributed by atoms with E-state index in [0.29, 0.717) is 64.8 Å². The fourth-order valence-corrected chi connectivity index (χ4v) is 9.38. The van der Waals surface area contributed by atoms with Gasteiger partial charge >= 0.3 is 5.97 Å². The number of aromatic carboxylic acids is 1. The van der Waals surface area contributed by atoms with Crippen molar-refractivity contribution in [1.29, 1.82) is 0 Å². The molecular weight excluding hydrogens is 827 g/mol. The minimum atomic E-state index is -1.10. The van der Waals surface area contributed by atoms with Crippen LogP contribution < -0.4 is 14.4 Å². The van der Waals surface area contributed by atoms with Crippen LogP contribution in [-0.4, -0.2) is 74.4 Å². The first-order valence-corrected chi connectivity index (χ1v) is 21.5. The average molecular weight is 878 g/mol. The number of methoxy groups -OCH3 is 1. The number of carbonyl (C=O) groups excluding carboxylic acids is 1. The number of carbonyl (C=O) groups is 2. The van der Waals surface area contributed by atoms with Gasteiger partial charge in [-0.3, -0.25) is 14.5 Å². The Morgan fingerprint density at radius 2 is 1.63 bits per heavy atom. The van der Waals surface area contributed by atoms with E-state index in [0.717, 1.165) is 66.6 Å². The van der Waals surface area contributed by atoms with Crippen LogP contribution in [0.15, 0.2) is 60.7 Å². The van der Waals surface area contributed by atoms with Gasteiger partial charge in [-0.05, 0) is 114 Å². The zero-order valence-electron chi connectivity index (χ0n) is 36.2. The van der Waals surface area contributed by atoms with E-state index >= 15 is 4.79 Å². The Morgan fingerprint density at radius 3 is 2.31 bits per heavy atom. The third-order valence-electron chi connectivity index (χ3n) is 11.8. The molecule has 1 N–H and O–H groups in total.